The van der Waals surface area contributed by atoms with Gasteiger partial charge in [0, 0.05) is 16.3 Å². The molecule has 2 aromatic carbocycles. The molecule has 0 spiro atoms. The van der Waals surface area contributed by atoms with Crippen LogP contribution >= 0.6 is 11.6 Å². The van der Waals surface area contributed by atoms with E-state index in [1.165, 1.54) is 6.07 Å². The van der Waals surface area contributed by atoms with E-state index in [4.69, 9.17) is 11.6 Å². The smallest absolute Gasteiger partial charge is 0.279 e. The zero-order chi connectivity index (χ0) is 15.2. The van der Waals surface area contributed by atoms with Gasteiger partial charge in [0.2, 0.25) is 0 Å². The number of benzene rings is 2. The minimum Gasteiger partial charge on any atom is -0.326 e. The predicted octanol–water partition coefficient (Wildman–Crippen LogP) is 2.13. The normalized spacial score (nSPS) is 12.0. The molecule has 0 aliphatic heterocycles. The van der Waals surface area contributed by atoms with Crippen molar-refractivity contribution in [3.05, 3.63) is 64.9 Å². The lowest BCUT2D eigenvalue weighted by Crippen LogP contribution is -3.08. The van der Waals surface area contributed by atoms with Gasteiger partial charge in [-0.05, 0) is 30.3 Å². The van der Waals surface area contributed by atoms with Crippen LogP contribution in [0.4, 0.5) is 10.1 Å². The maximum absolute atomic E-state index is 13.5. The third-order valence-electron chi connectivity index (χ3n) is 3.04. The Hall–Kier alpha value is -1.91. The van der Waals surface area contributed by atoms with Crippen molar-refractivity contribution in [2.75, 3.05) is 18.9 Å². The highest BCUT2D eigenvalue weighted by Crippen LogP contribution is 2.12. The van der Waals surface area contributed by atoms with E-state index in [-0.39, 0.29) is 18.3 Å². The van der Waals surface area contributed by atoms with Crippen LogP contribution in [0.1, 0.15) is 5.56 Å². The van der Waals surface area contributed by atoms with Crippen molar-refractivity contribution in [1.29, 1.82) is 0 Å². The molecule has 2 rings (SSSR count). The molecule has 2 N–H and O–H groups in total. The van der Waals surface area contributed by atoms with Crippen LogP contribution in [0.25, 0.3) is 0 Å². The molecule has 0 saturated carbocycles. The molecule has 5 heteroatoms. The summed E-state index contributed by atoms with van der Waals surface area (Å²) in [6.07, 6.45) is 0. The Morgan fingerprint density at radius 2 is 1.86 bits per heavy atom. The predicted molar refractivity (Wildman–Crippen MR) is 81.9 cm³/mol. The topological polar surface area (TPSA) is 33.5 Å². The summed E-state index contributed by atoms with van der Waals surface area (Å²) in [4.78, 5) is 12.8. The first-order valence-corrected chi connectivity index (χ1v) is 7.02. The number of rotatable bonds is 5. The molecule has 2 aromatic rings. The Morgan fingerprint density at radius 1 is 1.19 bits per heavy atom. The molecule has 0 aromatic heterocycles. The zero-order valence-electron chi connectivity index (χ0n) is 11.7. The summed E-state index contributed by atoms with van der Waals surface area (Å²) in [5.41, 5.74) is 1.30. The summed E-state index contributed by atoms with van der Waals surface area (Å²) in [6.45, 7) is 0.720. The standard InChI is InChI=1S/C16H16ClFN2O/c1-20(10-12-4-2-3-5-15(12)18)11-16(21)19-14-8-6-13(17)7-9-14/h2-9H,10-11H2,1H3,(H,19,21)/p+1. The maximum atomic E-state index is 13.5. The Kier molecular flexibility index (Phi) is 5.31. The van der Waals surface area contributed by atoms with Crippen LogP contribution in [-0.2, 0) is 11.3 Å². The fourth-order valence-electron chi connectivity index (χ4n) is 2.04. The molecule has 0 heterocycles. The second-order valence-corrected chi connectivity index (χ2v) is 5.39. The van der Waals surface area contributed by atoms with Gasteiger partial charge in [0.25, 0.3) is 5.91 Å². The Balaban J connectivity index is 1.87. The molecule has 0 aliphatic carbocycles. The average molecular weight is 308 g/mol. The first kappa shape index (κ1) is 15.5. The van der Waals surface area contributed by atoms with Crippen LogP contribution in [0.3, 0.4) is 0 Å². The van der Waals surface area contributed by atoms with Gasteiger partial charge < -0.3 is 10.2 Å². The van der Waals surface area contributed by atoms with Crippen molar-refractivity contribution >= 4 is 23.2 Å². The molecule has 0 radical (unpaired) electrons. The number of carbonyl (C=O) groups excluding carboxylic acids is 1. The quantitative estimate of drug-likeness (QED) is 0.872. The van der Waals surface area contributed by atoms with Gasteiger partial charge in [0.15, 0.2) is 6.54 Å². The molecule has 0 fully saturated rings. The van der Waals surface area contributed by atoms with Crippen molar-refractivity contribution in [2.24, 2.45) is 0 Å². The number of hydrogen-bond donors (Lipinski definition) is 2. The zero-order valence-corrected chi connectivity index (χ0v) is 12.5. The van der Waals surface area contributed by atoms with Gasteiger partial charge in [-0.25, -0.2) is 4.39 Å². The molecule has 0 saturated heterocycles. The van der Waals surface area contributed by atoms with Crippen LogP contribution in [0.15, 0.2) is 48.5 Å². The number of hydrogen-bond acceptors (Lipinski definition) is 1. The highest BCUT2D eigenvalue weighted by Gasteiger charge is 2.12. The molecule has 0 aliphatic rings. The molecule has 0 bridgehead atoms. The molecule has 21 heavy (non-hydrogen) atoms. The lowest BCUT2D eigenvalue weighted by atomic mass is 10.2. The van der Waals surface area contributed by atoms with Crippen molar-refractivity contribution in [2.45, 2.75) is 6.54 Å². The fraction of sp³-hybridized carbons (Fsp3) is 0.188. The number of quaternary nitrogens is 1. The minimum absolute atomic E-state index is 0.119. The van der Waals surface area contributed by atoms with Crippen LogP contribution in [0.5, 0.6) is 0 Å². The molecule has 1 unspecified atom stereocenters. The van der Waals surface area contributed by atoms with Crippen LogP contribution in [0, 0.1) is 5.82 Å². The number of amides is 1. The summed E-state index contributed by atoms with van der Waals surface area (Å²) in [6, 6.07) is 13.5. The number of halogens is 2. The van der Waals surface area contributed by atoms with E-state index in [0.717, 1.165) is 4.90 Å². The summed E-state index contributed by atoms with van der Waals surface area (Å²) in [7, 11) is 1.86. The Bertz CT molecular complexity index is 616. The monoisotopic (exact) mass is 307 g/mol. The van der Waals surface area contributed by atoms with E-state index in [2.05, 4.69) is 5.32 Å². The average Bonchev–Trinajstić information content (AvgIpc) is 2.44. The second-order valence-electron chi connectivity index (χ2n) is 4.96. The SMILES string of the molecule is C[NH+](CC(=O)Nc1ccc(Cl)cc1)Cc1ccccc1F. The van der Waals surface area contributed by atoms with E-state index in [0.29, 0.717) is 22.8 Å². The molecular formula is C16H17ClFN2O+. The minimum atomic E-state index is -0.241. The largest absolute Gasteiger partial charge is 0.326 e. The van der Waals surface area contributed by atoms with E-state index < -0.39 is 0 Å². The third-order valence-corrected chi connectivity index (χ3v) is 3.29. The Morgan fingerprint density at radius 3 is 2.52 bits per heavy atom. The fourth-order valence-corrected chi connectivity index (χ4v) is 2.17. The summed E-state index contributed by atoms with van der Waals surface area (Å²) in [5.74, 6) is -0.360. The van der Waals surface area contributed by atoms with E-state index in [9.17, 15) is 9.18 Å². The van der Waals surface area contributed by atoms with Gasteiger partial charge in [-0.3, -0.25) is 4.79 Å². The van der Waals surface area contributed by atoms with Gasteiger partial charge in [-0.15, -0.1) is 0 Å². The number of nitrogens with one attached hydrogen (secondary N) is 2. The third kappa shape index (κ3) is 4.85. The lowest BCUT2D eigenvalue weighted by Gasteiger charge is -2.14. The second kappa shape index (κ2) is 7.20. The first-order valence-electron chi connectivity index (χ1n) is 6.65. The molecular weight excluding hydrogens is 291 g/mol. The summed E-state index contributed by atoms with van der Waals surface area (Å²) in [5, 5.41) is 3.41. The van der Waals surface area contributed by atoms with Gasteiger partial charge in [0.1, 0.15) is 12.4 Å². The van der Waals surface area contributed by atoms with Gasteiger partial charge in [-0.2, -0.15) is 0 Å². The van der Waals surface area contributed by atoms with E-state index >= 15 is 0 Å². The highest BCUT2D eigenvalue weighted by atomic mass is 35.5. The maximum Gasteiger partial charge on any atom is 0.279 e. The number of likely N-dealkylation sites (N-methyl/N-ethyl adjacent to an activating group) is 1. The van der Waals surface area contributed by atoms with E-state index in [1.54, 1.807) is 42.5 Å². The first-order chi connectivity index (χ1) is 10.0. The van der Waals surface area contributed by atoms with E-state index in [1.807, 2.05) is 7.05 Å². The van der Waals surface area contributed by atoms with Crippen molar-refractivity contribution < 1.29 is 14.1 Å². The van der Waals surface area contributed by atoms with Gasteiger partial charge >= 0.3 is 0 Å². The van der Waals surface area contributed by atoms with Crippen LogP contribution in [-0.4, -0.2) is 19.5 Å². The molecule has 110 valence electrons. The highest BCUT2D eigenvalue weighted by molar-refractivity contribution is 6.30. The summed E-state index contributed by atoms with van der Waals surface area (Å²) >= 11 is 5.79. The van der Waals surface area contributed by atoms with Gasteiger partial charge in [-0.1, -0.05) is 29.8 Å². The van der Waals surface area contributed by atoms with Crippen LogP contribution < -0.4 is 10.2 Å². The Labute approximate surface area is 128 Å². The van der Waals surface area contributed by atoms with Crippen molar-refractivity contribution in [3.63, 3.8) is 0 Å². The number of carbonyl (C=O) groups is 1. The lowest BCUT2D eigenvalue weighted by molar-refractivity contribution is -0.885. The van der Waals surface area contributed by atoms with Gasteiger partial charge in [0.05, 0.1) is 7.05 Å². The van der Waals surface area contributed by atoms with Crippen molar-refractivity contribution in [1.82, 2.24) is 0 Å². The number of anilines is 1. The summed E-state index contributed by atoms with van der Waals surface area (Å²) < 4.78 is 13.5. The molecule has 1 atom stereocenters. The molecule has 1 amide bonds. The van der Waals surface area contributed by atoms with Crippen LogP contribution in [0.2, 0.25) is 5.02 Å². The molecule has 3 nitrogen and oxygen atoms in total. The van der Waals surface area contributed by atoms with Crippen molar-refractivity contribution in [3.8, 4) is 0 Å².